The van der Waals surface area contributed by atoms with E-state index in [1.54, 1.807) is 0 Å². The summed E-state index contributed by atoms with van der Waals surface area (Å²) in [6.45, 7) is 13.2. The second kappa shape index (κ2) is 7.95. The summed E-state index contributed by atoms with van der Waals surface area (Å²) in [4.78, 5) is 0. The zero-order valence-electron chi connectivity index (χ0n) is 18.9. The molecule has 0 nitrogen and oxygen atoms in total. The van der Waals surface area contributed by atoms with Crippen LogP contribution in [0.2, 0.25) is 0 Å². The Morgan fingerprint density at radius 1 is 0.367 bits per heavy atom. The summed E-state index contributed by atoms with van der Waals surface area (Å²) < 4.78 is 0. The molecule has 0 N–H and O–H groups in total. The van der Waals surface area contributed by atoms with Crippen LogP contribution in [0, 0.1) is 41.5 Å². The van der Waals surface area contributed by atoms with E-state index in [0.717, 1.165) is 0 Å². The van der Waals surface area contributed by atoms with E-state index in [-0.39, 0.29) is 0 Å². The van der Waals surface area contributed by atoms with Gasteiger partial charge in [-0.1, -0.05) is 89.5 Å². The minimum absolute atomic E-state index is 1.30. The smallest absolute Gasteiger partial charge is 0.00240 e. The summed E-state index contributed by atoms with van der Waals surface area (Å²) in [5, 5.41) is 0. The first kappa shape index (κ1) is 20.2. The van der Waals surface area contributed by atoms with E-state index in [2.05, 4.69) is 114 Å². The molecule has 0 fully saturated rings. The van der Waals surface area contributed by atoms with Gasteiger partial charge in [0, 0.05) is 0 Å². The highest BCUT2D eigenvalue weighted by molar-refractivity contribution is 5.96. The second-order valence-electron chi connectivity index (χ2n) is 8.68. The maximum absolute atomic E-state index is 2.29. The van der Waals surface area contributed by atoms with Crippen molar-refractivity contribution in [3.63, 3.8) is 0 Å². The van der Waals surface area contributed by atoms with E-state index in [1.807, 2.05) is 0 Å². The van der Waals surface area contributed by atoms with Gasteiger partial charge in [0.25, 0.3) is 0 Å². The van der Waals surface area contributed by atoms with Crippen LogP contribution in [-0.2, 0) is 0 Å². The first-order valence-electron chi connectivity index (χ1n) is 10.7. The topological polar surface area (TPSA) is 0 Å². The number of rotatable bonds is 3. The van der Waals surface area contributed by atoms with Gasteiger partial charge in [-0.15, -0.1) is 0 Å². The lowest BCUT2D eigenvalue weighted by molar-refractivity contribution is 1.35. The largest absolute Gasteiger partial charge is 0.0610 e. The van der Waals surface area contributed by atoms with E-state index in [0.29, 0.717) is 0 Å². The summed E-state index contributed by atoms with van der Waals surface area (Å²) in [6, 6.07) is 27.1. The molecular weight excluding hydrogens is 360 g/mol. The van der Waals surface area contributed by atoms with Crippen LogP contribution in [-0.4, -0.2) is 0 Å². The zero-order valence-corrected chi connectivity index (χ0v) is 18.9. The lowest BCUT2D eigenvalue weighted by Gasteiger charge is -2.20. The molecule has 4 rings (SSSR count). The molecule has 30 heavy (non-hydrogen) atoms. The molecule has 0 heterocycles. The summed E-state index contributed by atoms with van der Waals surface area (Å²) in [5.74, 6) is 0. The molecule has 4 aromatic rings. The first-order valence-corrected chi connectivity index (χ1v) is 10.7. The minimum Gasteiger partial charge on any atom is -0.0610 e. The third-order valence-corrected chi connectivity index (χ3v) is 6.06. The van der Waals surface area contributed by atoms with Crippen molar-refractivity contribution < 1.29 is 0 Å². The Morgan fingerprint density at radius 3 is 1.10 bits per heavy atom. The van der Waals surface area contributed by atoms with Gasteiger partial charge in [0.1, 0.15) is 0 Å². The standard InChI is InChI=1S/C30H30/c1-19-10-13-25(22(4)16-19)28-8-7-9-29(26-14-11-20(2)17-23(26)5)30(28)27-15-12-21(3)18-24(27)6/h7-18H,1-6H3. The van der Waals surface area contributed by atoms with Gasteiger partial charge < -0.3 is 0 Å². The molecular formula is C30H30. The van der Waals surface area contributed by atoms with Gasteiger partial charge in [-0.25, -0.2) is 0 Å². The minimum atomic E-state index is 1.30. The van der Waals surface area contributed by atoms with E-state index in [4.69, 9.17) is 0 Å². The molecule has 0 unspecified atom stereocenters. The number of benzene rings is 4. The van der Waals surface area contributed by atoms with E-state index < -0.39 is 0 Å². The molecule has 0 aliphatic heterocycles. The van der Waals surface area contributed by atoms with Gasteiger partial charge in [-0.2, -0.15) is 0 Å². The molecule has 0 radical (unpaired) electrons. The number of aryl methyl sites for hydroxylation is 6. The number of hydrogen-bond acceptors (Lipinski definition) is 0. The lowest BCUT2D eigenvalue weighted by atomic mass is 9.83. The van der Waals surface area contributed by atoms with Crippen molar-refractivity contribution in [1.82, 2.24) is 0 Å². The second-order valence-corrected chi connectivity index (χ2v) is 8.68. The molecule has 0 amide bonds. The van der Waals surface area contributed by atoms with Gasteiger partial charge in [0.05, 0.1) is 0 Å². The zero-order chi connectivity index (χ0) is 21.4. The Hall–Kier alpha value is -3.12. The normalized spacial score (nSPS) is 11.0. The SMILES string of the molecule is Cc1ccc(-c2cccc(-c3ccc(C)cc3C)c2-c2ccc(C)cc2C)c(C)c1. The fourth-order valence-corrected chi connectivity index (χ4v) is 4.62. The highest BCUT2D eigenvalue weighted by Crippen LogP contribution is 2.43. The maximum Gasteiger partial charge on any atom is -0.00240 e. The molecule has 0 atom stereocenters. The van der Waals surface area contributed by atoms with Crippen molar-refractivity contribution in [2.75, 3.05) is 0 Å². The van der Waals surface area contributed by atoms with Crippen LogP contribution in [0.1, 0.15) is 33.4 Å². The van der Waals surface area contributed by atoms with Crippen LogP contribution in [0.5, 0.6) is 0 Å². The van der Waals surface area contributed by atoms with E-state index >= 15 is 0 Å². The molecule has 0 spiro atoms. The van der Waals surface area contributed by atoms with Gasteiger partial charge >= 0.3 is 0 Å². The molecule has 4 aromatic carbocycles. The van der Waals surface area contributed by atoms with Crippen LogP contribution >= 0.6 is 0 Å². The van der Waals surface area contributed by atoms with Gasteiger partial charge in [-0.05, 0) is 91.6 Å². The highest BCUT2D eigenvalue weighted by Gasteiger charge is 2.18. The van der Waals surface area contributed by atoms with Crippen molar-refractivity contribution in [2.24, 2.45) is 0 Å². The van der Waals surface area contributed by atoms with Gasteiger partial charge in [0.15, 0.2) is 0 Å². The summed E-state index contributed by atoms with van der Waals surface area (Å²) in [5.41, 5.74) is 15.7. The van der Waals surface area contributed by atoms with Gasteiger partial charge in [0.2, 0.25) is 0 Å². The Balaban J connectivity index is 2.09. The Labute approximate surface area is 181 Å². The summed E-state index contributed by atoms with van der Waals surface area (Å²) in [7, 11) is 0. The van der Waals surface area contributed by atoms with Crippen molar-refractivity contribution >= 4 is 0 Å². The van der Waals surface area contributed by atoms with Crippen molar-refractivity contribution in [3.05, 3.63) is 106 Å². The quantitative estimate of drug-likeness (QED) is 0.329. The van der Waals surface area contributed by atoms with Crippen molar-refractivity contribution in [3.8, 4) is 33.4 Å². The first-order chi connectivity index (χ1) is 14.3. The van der Waals surface area contributed by atoms with Crippen LogP contribution in [0.3, 0.4) is 0 Å². The average molecular weight is 391 g/mol. The van der Waals surface area contributed by atoms with Crippen LogP contribution < -0.4 is 0 Å². The third kappa shape index (κ3) is 3.71. The molecule has 0 saturated carbocycles. The van der Waals surface area contributed by atoms with E-state index in [1.165, 1.54) is 66.8 Å². The van der Waals surface area contributed by atoms with Crippen LogP contribution in [0.25, 0.3) is 33.4 Å². The molecule has 150 valence electrons. The molecule has 0 aliphatic rings. The maximum atomic E-state index is 2.29. The molecule has 0 bridgehead atoms. The van der Waals surface area contributed by atoms with Crippen LogP contribution in [0.15, 0.2) is 72.8 Å². The van der Waals surface area contributed by atoms with E-state index in [9.17, 15) is 0 Å². The lowest BCUT2D eigenvalue weighted by Crippen LogP contribution is -1.96. The predicted octanol–water partition coefficient (Wildman–Crippen LogP) is 8.54. The molecule has 0 heteroatoms. The Bertz CT molecular complexity index is 1170. The summed E-state index contributed by atoms with van der Waals surface area (Å²) >= 11 is 0. The molecule has 0 aromatic heterocycles. The number of hydrogen-bond donors (Lipinski definition) is 0. The Morgan fingerprint density at radius 2 is 0.733 bits per heavy atom. The van der Waals surface area contributed by atoms with Gasteiger partial charge in [-0.3, -0.25) is 0 Å². The van der Waals surface area contributed by atoms with Crippen LogP contribution in [0.4, 0.5) is 0 Å². The monoisotopic (exact) mass is 390 g/mol. The third-order valence-electron chi connectivity index (χ3n) is 6.06. The Kier molecular flexibility index (Phi) is 5.35. The summed E-state index contributed by atoms with van der Waals surface area (Å²) in [6.07, 6.45) is 0. The van der Waals surface area contributed by atoms with Crippen molar-refractivity contribution in [2.45, 2.75) is 41.5 Å². The fourth-order valence-electron chi connectivity index (χ4n) is 4.62. The fraction of sp³-hybridized carbons (Fsp3) is 0.200. The average Bonchev–Trinajstić information content (AvgIpc) is 2.68. The van der Waals surface area contributed by atoms with Crippen molar-refractivity contribution in [1.29, 1.82) is 0 Å². The molecule has 0 saturated heterocycles. The molecule has 0 aliphatic carbocycles. The predicted molar refractivity (Wildman–Crippen MR) is 131 cm³/mol. The highest BCUT2D eigenvalue weighted by atomic mass is 14.2.